The van der Waals surface area contributed by atoms with Gasteiger partial charge in [-0.2, -0.15) is 5.10 Å². The number of hydrogen-bond donors (Lipinski definition) is 3. The van der Waals surface area contributed by atoms with Crippen LogP contribution in [0.2, 0.25) is 0 Å². The average molecular weight is 302 g/mol. The number of benzene rings is 1. The van der Waals surface area contributed by atoms with Crippen LogP contribution in [0.4, 0.5) is 4.79 Å². The second kappa shape index (κ2) is 8.19. The van der Waals surface area contributed by atoms with Crippen LogP contribution in [0.5, 0.6) is 0 Å². The number of aliphatic hydroxyl groups is 1. The molecule has 2 rings (SSSR count). The van der Waals surface area contributed by atoms with E-state index in [0.717, 1.165) is 11.1 Å². The summed E-state index contributed by atoms with van der Waals surface area (Å²) in [6, 6.07) is 9.57. The number of rotatable bonds is 7. The number of aromatic nitrogens is 2. The molecule has 0 aliphatic heterocycles. The van der Waals surface area contributed by atoms with E-state index >= 15 is 0 Å². The summed E-state index contributed by atoms with van der Waals surface area (Å²) in [7, 11) is 0. The highest BCUT2D eigenvalue weighted by atomic mass is 16.3. The molecule has 2 aromatic rings. The van der Waals surface area contributed by atoms with Crippen LogP contribution >= 0.6 is 0 Å². The van der Waals surface area contributed by atoms with E-state index in [0.29, 0.717) is 19.5 Å². The average Bonchev–Trinajstić information content (AvgIpc) is 2.99. The lowest BCUT2D eigenvalue weighted by molar-refractivity contribution is 0.230. The highest BCUT2D eigenvalue weighted by molar-refractivity contribution is 5.74. The first-order valence-corrected chi connectivity index (χ1v) is 7.38. The number of amides is 2. The van der Waals surface area contributed by atoms with Gasteiger partial charge in [0.15, 0.2) is 0 Å². The number of hydrogen-bond acceptors (Lipinski definition) is 3. The summed E-state index contributed by atoms with van der Waals surface area (Å²) in [5.41, 5.74) is 2.18. The molecule has 6 nitrogen and oxygen atoms in total. The van der Waals surface area contributed by atoms with E-state index in [1.165, 1.54) is 0 Å². The first kappa shape index (κ1) is 16.0. The smallest absolute Gasteiger partial charge is 0.315 e. The molecule has 0 aliphatic carbocycles. The first-order valence-electron chi connectivity index (χ1n) is 7.38. The van der Waals surface area contributed by atoms with Crippen LogP contribution in [0.15, 0.2) is 42.7 Å². The molecule has 0 unspecified atom stereocenters. The Hall–Kier alpha value is -2.34. The van der Waals surface area contributed by atoms with Gasteiger partial charge >= 0.3 is 6.03 Å². The molecule has 1 aromatic heterocycles. The van der Waals surface area contributed by atoms with Gasteiger partial charge in [0, 0.05) is 31.6 Å². The monoisotopic (exact) mass is 302 g/mol. The van der Waals surface area contributed by atoms with Crippen LogP contribution < -0.4 is 10.6 Å². The van der Waals surface area contributed by atoms with Crippen molar-refractivity contribution >= 4 is 6.03 Å². The zero-order valence-corrected chi connectivity index (χ0v) is 12.7. The van der Waals surface area contributed by atoms with E-state index in [4.69, 9.17) is 5.11 Å². The van der Waals surface area contributed by atoms with Crippen molar-refractivity contribution in [2.24, 2.45) is 0 Å². The van der Waals surface area contributed by atoms with Crippen LogP contribution in [0, 0.1) is 0 Å². The third-order valence-electron chi connectivity index (χ3n) is 3.39. The van der Waals surface area contributed by atoms with Gasteiger partial charge in [0.2, 0.25) is 0 Å². The topological polar surface area (TPSA) is 79.2 Å². The van der Waals surface area contributed by atoms with Crippen molar-refractivity contribution in [2.75, 3.05) is 6.61 Å². The zero-order chi connectivity index (χ0) is 15.8. The summed E-state index contributed by atoms with van der Waals surface area (Å²) >= 11 is 0. The Balaban J connectivity index is 1.91. The van der Waals surface area contributed by atoms with Crippen molar-refractivity contribution in [3.8, 4) is 0 Å². The lowest BCUT2D eigenvalue weighted by atomic mass is 10.1. The number of carbonyl (C=O) groups is 1. The standard InChI is InChI=1S/C16H22N4O2/c1-13(7-10-21)19-16(22)17-11-14-5-2-3-6-15(14)12-20-9-4-8-18-20/h2-6,8-9,13,21H,7,10-12H2,1H3,(H2,17,19,22)/t13-/m1/s1. The van der Waals surface area contributed by atoms with Gasteiger partial charge in [-0.3, -0.25) is 4.68 Å². The van der Waals surface area contributed by atoms with E-state index in [1.54, 1.807) is 6.20 Å². The zero-order valence-electron chi connectivity index (χ0n) is 12.7. The van der Waals surface area contributed by atoms with Gasteiger partial charge in [0.1, 0.15) is 0 Å². The summed E-state index contributed by atoms with van der Waals surface area (Å²) in [6.45, 7) is 3.05. The molecular weight excluding hydrogens is 280 g/mol. The quantitative estimate of drug-likeness (QED) is 0.725. The Bertz CT molecular complexity index is 584. The minimum Gasteiger partial charge on any atom is -0.396 e. The summed E-state index contributed by atoms with van der Waals surface area (Å²) in [5, 5.41) is 18.7. The number of nitrogens with one attached hydrogen (secondary N) is 2. The molecule has 1 heterocycles. The highest BCUT2D eigenvalue weighted by Crippen LogP contribution is 2.10. The highest BCUT2D eigenvalue weighted by Gasteiger charge is 2.08. The number of urea groups is 1. The Morgan fingerprint density at radius 3 is 2.77 bits per heavy atom. The molecule has 1 aromatic carbocycles. The molecule has 3 N–H and O–H groups in total. The second-order valence-electron chi connectivity index (χ2n) is 5.21. The van der Waals surface area contributed by atoms with E-state index in [2.05, 4.69) is 15.7 Å². The molecule has 1 atom stereocenters. The molecule has 0 fully saturated rings. The third-order valence-corrected chi connectivity index (χ3v) is 3.39. The molecule has 0 bridgehead atoms. The Labute approximate surface area is 130 Å². The van der Waals surface area contributed by atoms with E-state index in [-0.39, 0.29) is 18.7 Å². The first-order chi connectivity index (χ1) is 10.7. The molecule has 0 saturated carbocycles. The van der Waals surface area contributed by atoms with Crippen molar-refractivity contribution in [3.05, 3.63) is 53.9 Å². The lowest BCUT2D eigenvalue weighted by Crippen LogP contribution is -2.40. The fourth-order valence-electron chi connectivity index (χ4n) is 2.17. The number of aliphatic hydroxyl groups excluding tert-OH is 1. The predicted octanol–water partition coefficient (Wildman–Crippen LogP) is 1.50. The number of nitrogens with zero attached hydrogens (tertiary/aromatic N) is 2. The molecule has 0 saturated heterocycles. The van der Waals surface area contributed by atoms with Gasteiger partial charge < -0.3 is 15.7 Å². The molecular formula is C16H22N4O2. The Kier molecular flexibility index (Phi) is 5.97. The molecule has 0 spiro atoms. The molecule has 118 valence electrons. The van der Waals surface area contributed by atoms with Gasteiger partial charge in [-0.1, -0.05) is 24.3 Å². The third kappa shape index (κ3) is 4.89. The van der Waals surface area contributed by atoms with Crippen molar-refractivity contribution in [3.63, 3.8) is 0 Å². The molecule has 2 amide bonds. The van der Waals surface area contributed by atoms with Crippen LogP contribution in [0.3, 0.4) is 0 Å². The second-order valence-corrected chi connectivity index (χ2v) is 5.21. The van der Waals surface area contributed by atoms with E-state index < -0.39 is 0 Å². The largest absolute Gasteiger partial charge is 0.396 e. The predicted molar refractivity (Wildman–Crippen MR) is 84.3 cm³/mol. The Morgan fingerprint density at radius 1 is 1.32 bits per heavy atom. The fourth-order valence-corrected chi connectivity index (χ4v) is 2.17. The maximum absolute atomic E-state index is 11.8. The number of carbonyl (C=O) groups excluding carboxylic acids is 1. The van der Waals surface area contributed by atoms with Crippen LogP contribution in [-0.2, 0) is 13.1 Å². The molecule has 0 radical (unpaired) electrons. The van der Waals surface area contributed by atoms with Gasteiger partial charge in [0.25, 0.3) is 0 Å². The molecule has 22 heavy (non-hydrogen) atoms. The summed E-state index contributed by atoms with van der Waals surface area (Å²) in [4.78, 5) is 11.8. The van der Waals surface area contributed by atoms with Crippen molar-refractivity contribution in [2.45, 2.75) is 32.5 Å². The minimum absolute atomic E-state index is 0.0516. The van der Waals surface area contributed by atoms with Crippen molar-refractivity contribution in [1.29, 1.82) is 0 Å². The molecule has 0 aliphatic rings. The van der Waals surface area contributed by atoms with Crippen LogP contribution in [0.25, 0.3) is 0 Å². The summed E-state index contributed by atoms with van der Waals surface area (Å²) in [5.74, 6) is 0. The summed E-state index contributed by atoms with van der Waals surface area (Å²) < 4.78 is 1.85. The minimum atomic E-state index is -0.227. The van der Waals surface area contributed by atoms with Gasteiger partial charge in [-0.15, -0.1) is 0 Å². The Morgan fingerprint density at radius 2 is 2.09 bits per heavy atom. The van der Waals surface area contributed by atoms with E-state index in [1.807, 2.05) is 48.1 Å². The fraction of sp³-hybridized carbons (Fsp3) is 0.375. The lowest BCUT2D eigenvalue weighted by Gasteiger charge is -2.15. The maximum Gasteiger partial charge on any atom is 0.315 e. The van der Waals surface area contributed by atoms with Crippen LogP contribution in [0.1, 0.15) is 24.5 Å². The van der Waals surface area contributed by atoms with Crippen molar-refractivity contribution in [1.82, 2.24) is 20.4 Å². The van der Waals surface area contributed by atoms with Gasteiger partial charge in [0.05, 0.1) is 6.54 Å². The van der Waals surface area contributed by atoms with E-state index in [9.17, 15) is 4.79 Å². The SMILES string of the molecule is C[C@H](CCO)NC(=O)NCc1ccccc1Cn1cccn1. The maximum atomic E-state index is 11.8. The van der Waals surface area contributed by atoms with Gasteiger partial charge in [-0.05, 0) is 30.5 Å². The normalized spacial score (nSPS) is 11.9. The summed E-state index contributed by atoms with van der Waals surface area (Å²) in [6.07, 6.45) is 4.20. The van der Waals surface area contributed by atoms with Gasteiger partial charge in [-0.25, -0.2) is 4.79 Å². The molecule has 6 heteroatoms. The van der Waals surface area contributed by atoms with Crippen LogP contribution in [-0.4, -0.2) is 33.6 Å². The van der Waals surface area contributed by atoms with Crippen molar-refractivity contribution < 1.29 is 9.90 Å².